The predicted octanol–water partition coefficient (Wildman–Crippen LogP) is 4.24. The van der Waals surface area contributed by atoms with E-state index in [1.165, 1.54) is 23.5 Å². The Morgan fingerprint density at radius 2 is 1.88 bits per heavy atom. The molecule has 11 heteroatoms. The van der Waals surface area contributed by atoms with E-state index in [2.05, 4.69) is 33.0 Å². The number of carbonyl (C=O) groups is 1. The molecular weight excluding hydrogens is 565 g/mol. The Morgan fingerprint density at radius 1 is 1.14 bits per heavy atom. The van der Waals surface area contributed by atoms with Gasteiger partial charge in [-0.2, -0.15) is 5.26 Å². The Labute approximate surface area is 253 Å². The summed E-state index contributed by atoms with van der Waals surface area (Å²) in [6, 6.07) is 16.5. The second-order valence-corrected chi connectivity index (χ2v) is 12.9. The fourth-order valence-electron chi connectivity index (χ4n) is 6.64. The molecule has 1 saturated carbocycles. The average molecular weight is 598 g/mol. The lowest BCUT2D eigenvalue weighted by molar-refractivity contribution is -0.163. The molecule has 1 amide bonds. The van der Waals surface area contributed by atoms with E-state index in [0.717, 1.165) is 74.4 Å². The van der Waals surface area contributed by atoms with Gasteiger partial charge in [0.1, 0.15) is 22.5 Å². The molecule has 4 aromatic rings. The number of likely N-dealkylation sites (tertiary alicyclic amines) is 1. The van der Waals surface area contributed by atoms with E-state index < -0.39 is 0 Å². The summed E-state index contributed by atoms with van der Waals surface area (Å²) in [5, 5.41) is 21.0. The quantitative estimate of drug-likeness (QED) is 0.353. The molecule has 0 atom stereocenters. The molecule has 2 aromatic heterocycles. The van der Waals surface area contributed by atoms with Crippen molar-refractivity contribution < 1.29 is 14.3 Å². The third-order valence-electron chi connectivity index (χ3n) is 9.02. The van der Waals surface area contributed by atoms with Gasteiger partial charge in [0, 0.05) is 74.6 Å². The van der Waals surface area contributed by atoms with Crippen LogP contribution in [0.3, 0.4) is 0 Å². The molecule has 9 nitrogen and oxygen atoms in total. The number of carbonyl (C=O) groups excluding carboxylic acids is 1. The Kier molecular flexibility index (Phi) is 7.00. The lowest BCUT2D eigenvalue weighted by Gasteiger charge is -2.58. The number of nitrogens with zero attached hydrogens (tertiary/aromatic N) is 7. The van der Waals surface area contributed by atoms with Crippen LogP contribution >= 0.6 is 11.3 Å². The minimum atomic E-state index is -0.334. The summed E-state index contributed by atoms with van der Waals surface area (Å²) in [6.07, 6.45) is 3.25. The molecule has 7 rings (SSSR count). The van der Waals surface area contributed by atoms with Gasteiger partial charge in [-0.1, -0.05) is 11.3 Å². The number of aromatic nitrogens is 2. The van der Waals surface area contributed by atoms with E-state index in [1.807, 2.05) is 29.0 Å². The van der Waals surface area contributed by atoms with Crippen molar-refractivity contribution in [2.75, 3.05) is 62.7 Å². The number of benzene rings is 2. The summed E-state index contributed by atoms with van der Waals surface area (Å²) in [4.78, 5) is 31.1. The monoisotopic (exact) mass is 597 g/mol. The van der Waals surface area contributed by atoms with Crippen LogP contribution in [0.4, 0.5) is 20.9 Å². The van der Waals surface area contributed by atoms with Crippen molar-refractivity contribution in [3.8, 4) is 17.3 Å². The molecule has 3 fully saturated rings. The van der Waals surface area contributed by atoms with Gasteiger partial charge in [-0.25, -0.2) is 9.37 Å². The number of anilines is 3. The Balaban J connectivity index is 1.05. The normalized spacial score (nSPS) is 18.4. The summed E-state index contributed by atoms with van der Waals surface area (Å²) in [5.74, 6) is -0.145. The van der Waals surface area contributed by atoms with Gasteiger partial charge in [-0.3, -0.25) is 14.7 Å². The first-order valence-corrected chi connectivity index (χ1v) is 15.3. The van der Waals surface area contributed by atoms with Gasteiger partial charge >= 0.3 is 0 Å². The van der Waals surface area contributed by atoms with Crippen LogP contribution in [0.2, 0.25) is 0 Å². The standard InChI is InChI=1S/C32H32FN7O2S/c1-37(31-36-30(28(17-34)43-31)21-2-4-22(33)5-3-21)27-8-9-35-26-7-6-23(14-25(26)27)39-12-10-38(11-13-39)18-29(42)40-19-32(20-40)15-24(41)16-32/h2-9,14,24,41H,10-13,15-16,18-20H2,1H3. The second-order valence-electron chi connectivity index (χ2n) is 12.0. The molecule has 1 N–H and O–H groups in total. The lowest BCUT2D eigenvalue weighted by atomic mass is 9.62. The Hall–Kier alpha value is -4.11. The summed E-state index contributed by atoms with van der Waals surface area (Å²) in [5.41, 5.74) is 4.31. The lowest BCUT2D eigenvalue weighted by Crippen LogP contribution is -2.66. The van der Waals surface area contributed by atoms with Crippen LogP contribution in [0.15, 0.2) is 54.7 Å². The summed E-state index contributed by atoms with van der Waals surface area (Å²) < 4.78 is 13.5. The third kappa shape index (κ3) is 5.20. The van der Waals surface area contributed by atoms with E-state index in [4.69, 9.17) is 4.98 Å². The topological polar surface area (TPSA) is 99.8 Å². The number of hydrogen-bond acceptors (Lipinski definition) is 9. The van der Waals surface area contributed by atoms with Gasteiger partial charge in [0.2, 0.25) is 5.91 Å². The molecule has 4 heterocycles. The predicted molar refractivity (Wildman–Crippen MR) is 165 cm³/mol. The first-order valence-electron chi connectivity index (χ1n) is 14.5. The highest BCUT2D eigenvalue weighted by Crippen LogP contribution is 2.48. The molecule has 3 aliphatic rings. The largest absolute Gasteiger partial charge is 0.393 e. The molecule has 0 unspecified atom stereocenters. The Morgan fingerprint density at radius 3 is 2.58 bits per heavy atom. The minimum Gasteiger partial charge on any atom is -0.393 e. The molecule has 2 aliphatic heterocycles. The van der Waals surface area contributed by atoms with Gasteiger partial charge < -0.3 is 19.8 Å². The summed E-state index contributed by atoms with van der Waals surface area (Å²) in [6.45, 7) is 5.28. The van der Waals surface area contributed by atoms with Gasteiger partial charge in [0.15, 0.2) is 5.13 Å². The highest BCUT2D eigenvalue weighted by atomic mass is 32.1. The van der Waals surface area contributed by atoms with Crippen LogP contribution in [0.1, 0.15) is 17.7 Å². The van der Waals surface area contributed by atoms with Crippen LogP contribution in [0.25, 0.3) is 22.2 Å². The van der Waals surface area contributed by atoms with Crippen LogP contribution in [0.5, 0.6) is 0 Å². The van der Waals surface area contributed by atoms with Gasteiger partial charge in [0.05, 0.1) is 23.9 Å². The summed E-state index contributed by atoms with van der Waals surface area (Å²) >= 11 is 1.30. The van der Waals surface area contributed by atoms with Crippen LogP contribution in [-0.4, -0.2) is 89.7 Å². The molecule has 2 aromatic carbocycles. The number of hydrogen-bond donors (Lipinski definition) is 1. The maximum Gasteiger partial charge on any atom is 0.236 e. The van der Waals surface area contributed by atoms with Crippen molar-refractivity contribution in [3.63, 3.8) is 0 Å². The Bertz CT molecular complexity index is 1710. The molecule has 0 bridgehead atoms. The molecule has 2 saturated heterocycles. The number of fused-ring (bicyclic) bond motifs is 1. The number of aliphatic hydroxyl groups is 1. The third-order valence-corrected chi connectivity index (χ3v) is 10.1. The van der Waals surface area contributed by atoms with Crippen molar-refractivity contribution in [1.82, 2.24) is 19.8 Å². The number of thiazole rings is 1. The van der Waals surface area contributed by atoms with Crippen molar-refractivity contribution in [2.45, 2.75) is 18.9 Å². The fraction of sp³-hybridized carbons (Fsp3) is 0.375. The molecule has 0 radical (unpaired) electrons. The zero-order chi connectivity index (χ0) is 29.7. The first kappa shape index (κ1) is 27.7. The average Bonchev–Trinajstić information content (AvgIpc) is 3.42. The molecular formula is C32H32FN7O2S. The summed E-state index contributed by atoms with van der Waals surface area (Å²) in [7, 11) is 1.93. The van der Waals surface area contributed by atoms with Crippen LogP contribution in [0, 0.1) is 22.6 Å². The van der Waals surface area contributed by atoms with Gasteiger partial charge in [0.25, 0.3) is 0 Å². The number of aliphatic hydroxyl groups excluding tert-OH is 1. The molecule has 1 spiro atoms. The number of amides is 1. The zero-order valence-corrected chi connectivity index (χ0v) is 24.7. The number of nitriles is 1. The van der Waals surface area contributed by atoms with Crippen molar-refractivity contribution >= 4 is 44.7 Å². The maximum atomic E-state index is 13.5. The number of pyridine rings is 1. The smallest absolute Gasteiger partial charge is 0.236 e. The second kappa shape index (κ2) is 10.9. The van der Waals surface area contributed by atoms with Crippen molar-refractivity contribution in [1.29, 1.82) is 5.26 Å². The van der Waals surface area contributed by atoms with Crippen LogP contribution < -0.4 is 9.80 Å². The minimum absolute atomic E-state index is 0.183. The van der Waals surface area contributed by atoms with Gasteiger partial charge in [-0.05, 0) is 61.4 Å². The van der Waals surface area contributed by atoms with E-state index in [0.29, 0.717) is 27.8 Å². The van der Waals surface area contributed by atoms with Crippen LogP contribution in [-0.2, 0) is 4.79 Å². The van der Waals surface area contributed by atoms with Crippen molar-refractivity contribution in [2.24, 2.45) is 5.41 Å². The molecule has 220 valence electrons. The van der Waals surface area contributed by atoms with Gasteiger partial charge in [-0.15, -0.1) is 0 Å². The fourth-order valence-corrected chi connectivity index (χ4v) is 7.50. The number of piperazine rings is 1. The van der Waals surface area contributed by atoms with E-state index >= 15 is 0 Å². The maximum absolute atomic E-state index is 13.5. The van der Waals surface area contributed by atoms with Crippen molar-refractivity contribution in [3.05, 3.63) is 65.4 Å². The highest BCUT2D eigenvalue weighted by molar-refractivity contribution is 7.16. The van der Waals surface area contributed by atoms with E-state index in [-0.39, 0.29) is 23.2 Å². The molecule has 1 aliphatic carbocycles. The SMILES string of the molecule is CN(c1nc(-c2ccc(F)cc2)c(C#N)s1)c1ccnc2ccc(N3CCN(CC(=O)N4CC5(CC(O)C5)C4)CC3)cc12. The first-order chi connectivity index (χ1) is 20.8. The van der Waals surface area contributed by atoms with E-state index in [1.54, 1.807) is 18.3 Å². The molecule has 43 heavy (non-hydrogen) atoms. The highest BCUT2D eigenvalue weighted by Gasteiger charge is 2.53. The zero-order valence-electron chi connectivity index (χ0n) is 23.9. The number of halogens is 1. The number of rotatable bonds is 6. The van der Waals surface area contributed by atoms with E-state index in [9.17, 15) is 19.6 Å².